The Kier molecular flexibility index (Phi) is 3.08. The second-order valence-corrected chi connectivity index (χ2v) is 5.37. The summed E-state index contributed by atoms with van der Waals surface area (Å²) in [5, 5.41) is 9.55. The summed E-state index contributed by atoms with van der Waals surface area (Å²) in [7, 11) is 0. The Balaban J connectivity index is 1.83. The summed E-state index contributed by atoms with van der Waals surface area (Å²) in [5.74, 6) is 0.221. The molecule has 1 unspecified atom stereocenters. The van der Waals surface area contributed by atoms with Crippen LogP contribution in [0.15, 0.2) is 24.3 Å². The molecular formula is C15H19NO2. The molecule has 18 heavy (non-hydrogen) atoms. The molecule has 0 radical (unpaired) electrons. The monoisotopic (exact) mass is 245 g/mol. The summed E-state index contributed by atoms with van der Waals surface area (Å²) in [5.41, 5.74) is 2.52. The van der Waals surface area contributed by atoms with Gasteiger partial charge in [0.15, 0.2) is 0 Å². The van der Waals surface area contributed by atoms with Crippen molar-refractivity contribution in [1.29, 1.82) is 0 Å². The molecule has 0 saturated carbocycles. The van der Waals surface area contributed by atoms with Gasteiger partial charge in [-0.2, -0.15) is 0 Å². The number of aliphatic hydroxyl groups is 1. The number of aryl methyl sites for hydroxylation is 1. The van der Waals surface area contributed by atoms with Crippen molar-refractivity contribution in [3.63, 3.8) is 0 Å². The number of rotatable bonds is 1. The average Bonchev–Trinajstić information content (AvgIpc) is 2.84. The van der Waals surface area contributed by atoms with Crippen LogP contribution < -0.4 is 0 Å². The fourth-order valence-electron chi connectivity index (χ4n) is 3.17. The minimum atomic E-state index is -0.326. The van der Waals surface area contributed by atoms with Gasteiger partial charge in [-0.1, -0.05) is 24.3 Å². The Morgan fingerprint density at radius 2 is 2.11 bits per heavy atom. The van der Waals surface area contributed by atoms with Gasteiger partial charge < -0.3 is 10.0 Å². The Morgan fingerprint density at radius 1 is 1.28 bits per heavy atom. The summed E-state index contributed by atoms with van der Waals surface area (Å²) in [6, 6.07) is 8.28. The van der Waals surface area contributed by atoms with Crippen molar-refractivity contribution in [3.8, 4) is 0 Å². The largest absolute Gasteiger partial charge is 0.391 e. The molecule has 1 aliphatic heterocycles. The van der Waals surface area contributed by atoms with Gasteiger partial charge in [0.25, 0.3) is 0 Å². The van der Waals surface area contributed by atoms with Crippen LogP contribution in [0.2, 0.25) is 0 Å². The fourth-order valence-corrected chi connectivity index (χ4v) is 3.17. The topological polar surface area (TPSA) is 40.5 Å². The smallest absolute Gasteiger partial charge is 0.230 e. The second kappa shape index (κ2) is 4.73. The Bertz CT molecular complexity index is 458. The number of aliphatic hydroxyl groups excluding tert-OH is 1. The van der Waals surface area contributed by atoms with E-state index in [2.05, 4.69) is 12.1 Å². The number of carbonyl (C=O) groups is 1. The summed E-state index contributed by atoms with van der Waals surface area (Å²) in [6.45, 7) is 1.22. The predicted molar refractivity (Wildman–Crippen MR) is 69.3 cm³/mol. The minimum Gasteiger partial charge on any atom is -0.391 e. The molecule has 1 aromatic rings. The summed E-state index contributed by atoms with van der Waals surface area (Å²) in [4.78, 5) is 14.4. The van der Waals surface area contributed by atoms with Gasteiger partial charge in [-0.15, -0.1) is 0 Å². The molecule has 3 nitrogen and oxygen atoms in total. The molecule has 0 aromatic heterocycles. The summed E-state index contributed by atoms with van der Waals surface area (Å²) in [6.07, 6.45) is 3.52. The van der Waals surface area contributed by atoms with E-state index in [0.717, 1.165) is 25.7 Å². The molecule has 3 heteroatoms. The van der Waals surface area contributed by atoms with Gasteiger partial charge in [0.1, 0.15) is 0 Å². The standard InChI is InChI=1S/C15H19NO2/c17-12-8-9-16(10-12)15(18)14-7-3-5-11-4-1-2-6-13(11)14/h1-2,4,6,12,14,17H,3,5,7-10H2/t12-,14?/m1/s1. The molecule has 1 aromatic carbocycles. The highest BCUT2D eigenvalue weighted by molar-refractivity contribution is 5.84. The number of hydrogen-bond donors (Lipinski definition) is 1. The maximum atomic E-state index is 12.5. The molecule has 2 atom stereocenters. The quantitative estimate of drug-likeness (QED) is 0.818. The number of benzene rings is 1. The third-order valence-corrected chi connectivity index (χ3v) is 4.14. The van der Waals surface area contributed by atoms with Crippen molar-refractivity contribution in [2.75, 3.05) is 13.1 Å². The Morgan fingerprint density at radius 3 is 2.89 bits per heavy atom. The molecule has 0 bridgehead atoms. The van der Waals surface area contributed by atoms with Crippen LogP contribution in [0.5, 0.6) is 0 Å². The third-order valence-electron chi connectivity index (χ3n) is 4.14. The number of hydrogen-bond acceptors (Lipinski definition) is 2. The van der Waals surface area contributed by atoms with E-state index >= 15 is 0 Å². The second-order valence-electron chi connectivity index (χ2n) is 5.37. The van der Waals surface area contributed by atoms with Crippen molar-refractivity contribution in [2.24, 2.45) is 0 Å². The van der Waals surface area contributed by atoms with Gasteiger partial charge in [0.2, 0.25) is 5.91 Å². The number of carbonyl (C=O) groups excluding carboxylic acids is 1. The first kappa shape index (κ1) is 11.7. The zero-order valence-corrected chi connectivity index (χ0v) is 10.5. The fraction of sp³-hybridized carbons (Fsp3) is 0.533. The van der Waals surface area contributed by atoms with Crippen LogP contribution in [0.1, 0.15) is 36.3 Å². The number of fused-ring (bicyclic) bond motifs is 1. The van der Waals surface area contributed by atoms with E-state index in [4.69, 9.17) is 0 Å². The van der Waals surface area contributed by atoms with Crippen LogP contribution in [0.4, 0.5) is 0 Å². The molecule has 1 saturated heterocycles. The lowest BCUT2D eigenvalue weighted by Crippen LogP contribution is -2.35. The third kappa shape index (κ3) is 2.03. The van der Waals surface area contributed by atoms with E-state index in [1.165, 1.54) is 11.1 Å². The van der Waals surface area contributed by atoms with Crippen LogP contribution in [-0.4, -0.2) is 35.1 Å². The zero-order chi connectivity index (χ0) is 12.5. The minimum absolute atomic E-state index is 0.0141. The number of nitrogens with zero attached hydrogens (tertiary/aromatic N) is 1. The highest BCUT2D eigenvalue weighted by Gasteiger charge is 2.33. The number of amides is 1. The molecule has 2 aliphatic rings. The van der Waals surface area contributed by atoms with E-state index in [1.807, 2.05) is 17.0 Å². The first-order chi connectivity index (χ1) is 8.75. The van der Waals surface area contributed by atoms with E-state index in [1.54, 1.807) is 0 Å². The molecule has 96 valence electrons. The van der Waals surface area contributed by atoms with E-state index in [-0.39, 0.29) is 17.9 Å². The predicted octanol–water partition coefficient (Wildman–Crippen LogP) is 1.70. The summed E-state index contributed by atoms with van der Waals surface area (Å²) < 4.78 is 0. The van der Waals surface area contributed by atoms with Crippen LogP contribution in [0.3, 0.4) is 0 Å². The molecule has 3 rings (SSSR count). The van der Waals surface area contributed by atoms with Gasteiger partial charge in [0.05, 0.1) is 12.0 Å². The highest BCUT2D eigenvalue weighted by atomic mass is 16.3. The van der Waals surface area contributed by atoms with E-state index < -0.39 is 0 Å². The number of likely N-dealkylation sites (tertiary alicyclic amines) is 1. The molecule has 1 aliphatic carbocycles. The van der Waals surface area contributed by atoms with Crippen molar-refractivity contribution in [2.45, 2.75) is 37.7 Å². The van der Waals surface area contributed by atoms with Crippen LogP contribution in [-0.2, 0) is 11.2 Å². The van der Waals surface area contributed by atoms with Gasteiger partial charge in [-0.3, -0.25) is 4.79 Å². The first-order valence-corrected chi connectivity index (χ1v) is 6.80. The zero-order valence-electron chi connectivity index (χ0n) is 10.5. The van der Waals surface area contributed by atoms with Crippen molar-refractivity contribution in [3.05, 3.63) is 35.4 Å². The van der Waals surface area contributed by atoms with E-state index in [9.17, 15) is 9.90 Å². The van der Waals surface area contributed by atoms with Crippen molar-refractivity contribution < 1.29 is 9.90 Å². The van der Waals surface area contributed by atoms with Crippen LogP contribution in [0, 0.1) is 0 Å². The lowest BCUT2D eigenvalue weighted by Gasteiger charge is -2.28. The molecule has 1 heterocycles. The van der Waals surface area contributed by atoms with E-state index in [0.29, 0.717) is 13.1 Å². The molecular weight excluding hydrogens is 226 g/mol. The van der Waals surface area contributed by atoms with Gasteiger partial charge in [0, 0.05) is 13.1 Å². The Labute approximate surface area is 107 Å². The molecule has 1 fully saturated rings. The molecule has 1 amide bonds. The van der Waals surface area contributed by atoms with Crippen LogP contribution >= 0.6 is 0 Å². The Hall–Kier alpha value is -1.35. The van der Waals surface area contributed by atoms with Crippen LogP contribution in [0.25, 0.3) is 0 Å². The van der Waals surface area contributed by atoms with Gasteiger partial charge in [-0.05, 0) is 36.8 Å². The van der Waals surface area contributed by atoms with Crippen molar-refractivity contribution in [1.82, 2.24) is 4.90 Å². The number of β-amino-alcohol motifs (C(OH)–C–C–N with tert-alkyl or cyclic N) is 1. The molecule has 0 spiro atoms. The van der Waals surface area contributed by atoms with Gasteiger partial charge >= 0.3 is 0 Å². The van der Waals surface area contributed by atoms with Gasteiger partial charge in [-0.25, -0.2) is 0 Å². The maximum Gasteiger partial charge on any atom is 0.230 e. The average molecular weight is 245 g/mol. The van der Waals surface area contributed by atoms with Crippen molar-refractivity contribution >= 4 is 5.91 Å². The lowest BCUT2D eigenvalue weighted by atomic mass is 9.82. The molecule has 1 N–H and O–H groups in total. The highest BCUT2D eigenvalue weighted by Crippen LogP contribution is 2.33. The SMILES string of the molecule is O=C(C1CCCc2ccccc21)N1CC[C@@H](O)C1. The lowest BCUT2D eigenvalue weighted by molar-refractivity contribution is -0.132. The maximum absolute atomic E-state index is 12.5. The normalized spacial score (nSPS) is 27.1. The summed E-state index contributed by atoms with van der Waals surface area (Å²) >= 11 is 0. The first-order valence-electron chi connectivity index (χ1n) is 6.80.